The smallest absolute Gasteiger partial charge is 0.255 e. The van der Waals surface area contributed by atoms with E-state index in [4.69, 9.17) is 10.5 Å². The summed E-state index contributed by atoms with van der Waals surface area (Å²) in [6.45, 7) is 0.422. The molecule has 132 valence electrons. The lowest BCUT2D eigenvalue weighted by Crippen LogP contribution is -2.23. The summed E-state index contributed by atoms with van der Waals surface area (Å²) in [6.07, 6.45) is 2.31. The number of nitrogens with zero attached hydrogens (tertiary/aromatic N) is 1. The van der Waals surface area contributed by atoms with Gasteiger partial charge >= 0.3 is 0 Å². The summed E-state index contributed by atoms with van der Waals surface area (Å²) in [5.41, 5.74) is 7.37. The molecule has 5 nitrogen and oxygen atoms in total. The zero-order valence-corrected chi connectivity index (χ0v) is 15.0. The van der Waals surface area contributed by atoms with Crippen LogP contribution in [0.15, 0.2) is 54.6 Å². The number of nitrogens with two attached hydrogens (primary N) is 1. The Balaban J connectivity index is 1.36. The molecule has 1 aliphatic rings. The van der Waals surface area contributed by atoms with Crippen LogP contribution in [0.3, 0.4) is 0 Å². The number of rotatable bonds is 6. The molecule has 2 heterocycles. The predicted octanol–water partition coefficient (Wildman–Crippen LogP) is 4.33. The van der Waals surface area contributed by atoms with Gasteiger partial charge in [-0.3, -0.25) is 4.79 Å². The van der Waals surface area contributed by atoms with Gasteiger partial charge in [-0.1, -0.05) is 18.2 Å². The molecule has 1 fully saturated rings. The van der Waals surface area contributed by atoms with E-state index >= 15 is 0 Å². The molecule has 1 aromatic carbocycles. The number of hydrogen-bond donors (Lipinski definition) is 2. The Bertz CT molecular complexity index is 920. The number of thiophene rings is 1. The number of hydrogen-bond acceptors (Lipinski definition) is 5. The molecule has 3 aromatic rings. The van der Waals surface area contributed by atoms with Crippen LogP contribution in [0.1, 0.15) is 39.7 Å². The molecule has 1 aliphatic carbocycles. The predicted molar refractivity (Wildman–Crippen MR) is 103 cm³/mol. The number of pyridine rings is 1. The number of ether oxygens (including phenoxy) is 1. The molecule has 0 radical (unpaired) electrons. The highest BCUT2D eigenvalue weighted by molar-refractivity contribution is 7.13. The lowest BCUT2D eigenvalue weighted by atomic mass is 10.2. The maximum Gasteiger partial charge on any atom is 0.255 e. The molecule has 2 aromatic heterocycles. The van der Waals surface area contributed by atoms with Crippen LogP contribution in [-0.4, -0.2) is 10.9 Å². The second-order valence-corrected chi connectivity index (χ2v) is 7.39. The van der Waals surface area contributed by atoms with Crippen molar-refractivity contribution in [1.29, 1.82) is 0 Å². The standard InChI is InChI=1S/C20H19N3O2S/c21-19-16(9-10-17(23-19)13-6-7-13)20(24)22-12-15-8-11-18(26-15)25-14-4-2-1-3-5-14/h1-5,8-11,13H,6-7,12H2,(H2,21,23)(H,22,24). The van der Waals surface area contributed by atoms with Crippen molar-refractivity contribution in [3.63, 3.8) is 0 Å². The van der Waals surface area contributed by atoms with Gasteiger partial charge in [0.05, 0.1) is 12.1 Å². The number of anilines is 1. The van der Waals surface area contributed by atoms with E-state index in [1.807, 2.05) is 48.5 Å². The van der Waals surface area contributed by atoms with Crippen LogP contribution in [0.4, 0.5) is 5.82 Å². The molecule has 0 unspecified atom stereocenters. The van der Waals surface area contributed by atoms with E-state index in [0.717, 1.165) is 34.2 Å². The van der Waals surface area contributed by atoms with Gasteiger partial charge < -0.3 is 15.8 Å². The highest BCUT2D eigenvalue weighted by atomic mass is 32.1. The molecule has 0 atom stereocenters. The Labute approximate surface area is 155 Å². The summed E-state index contributed by atoms with van der Waals surface area (Å²) in [4.78, 5) is 17.7. The van der Waals surface area contributed by atoms with Gasteiger partial charge in [-0.25, -0.2) is 4.98 Å². The number of carbonyl (C=O) groups excluding carboxylic acids is 1. The minimum atomic E-state index is -0.212. The first kappa shape index (κ1) is 16.6. The van der Waals surface area contributed by atoms with Crippen LogP contribution in [-0.2, 0) is 6.54 Å². The van der Waals surface area contributed by atoms with Crippen molar-refractivity contribution in [2.24, 2.45) is 0 Å². The van der Waals surface area contributed by atoms with Gasteiger partial charge in [0.25, 0.3) is 5.91 Å². The molecule has 0 saturated heterocycles. The molecule has 3 N–H and O–H groups in total. The Morgan fingerprint density at radius 3 is 2.69 bits per heavy atom. The summed E-state index contributed by atoms with van der Waals surface area (Å²) in [6, 6.07) is 17.1. The maximum atomic E-state index is 12.4. The van der Waals surface area contributed by atoms with Crippen molar-refractivity contribution in [2.45, 2.75) is 25.3 Å². The largest absolute Gasteiger partial charge is 0.447 e. The molecular weight excluding hydrogens is 346 g/mol. The minimum absolute atomic E-state index is 0.212. The Morgan fingerprint density at radius 1 is 1.15 bits per heavy atom. The lowest BCUT2D eigenvalue weighted by molar-refractivity contribution is 0.0952. The lowest BCUT2D eigenvalue weighted by Gasteiger charge is -2.07. The van der Waals surface area contributed by atoms with Gasteiger partial charge in [0.1, 0.15) is 11.6 Å². The SMILES string of the molecule is Nc1nc(C2CC2)ccc1C(=O)NCc1ccc(Oc2ccccc2)s1. The summed E-state index contributed by atoms with van der Waals surface area (Å²) in [5.74, 6) is 1.39. The average molecular weight is 365 g/mol. The molecule has 4 rings (SSSR count). The van der Waals surface area contributed by atoms with Gasteiger partial charge in [-0.15, -0.1) is 11.3 Å². The first-order valence-corrected chi connectivity index (χ1v) is 9.37. The van der Waals surface area contributed by atoms with E-state index in [2.05, 4.69) is 10.3 Å². The van der Waals surface area contributed by atoms with Crippen LogP contribution in [0.2, 0.25) is 0 Å². The first-order chi connectivity index (χ1) is 12.7. The fraction of sp³-hybridized carbons (Fsp3) is 0.200. The fourth-order valence-electron chi connectivity index (χ4n) is 2.66. The molecular formula is C20H19N3O2S. The fourth-order valence-corrected chi connectivity index (χ4v) is 3.48. The van der Waals surface area contributed by atoms with Crippen LogP contribution >= 0.6 is 11.3 Å². The first-order valence-electron chi connectivity index (χ1n) is 8.55. The average Bonchev–Trinajstić information content (AvgIpc) is 3.41. The van der Waals surface area contributed by atoms with Gasteiger partial charge in [0.15, 0.2) is 5.06 Å². The van der Waals surface area contributed by atoms with Gasteiger partial charge in [-0.05, 0) is 49.2 Å². The van der Waals surface area contributed by atoms with Crippen molar-refractivity contribution in [3.8, 4) is 10.8 Å². The molecule has 0 bridgehead atoms. The van der Waals surface area contributed by atoms with E-state index < -0.39 is 0 Å². The maximum absolute atomic E-state index is 12.4. The topological polar surface area (TPSA) is 77.2 Å². The van der Waals surface area contributed by atoms with Crippen LogP contribution in [0.5, 0.6) is 10.8 Å². The van der Waals surface area contributed by atoms with E-state index in [0.29, 0.717) is 23.8 Å². The van der Waals surface area contributed by atoms with Crippen LogP contribution in [0.25, 0.3) is 0 Å². The number of aromatic nitrogens is 1. The van der Waals surface area contributed by atoms with E-state index in [9.17, 15) is 4.79 Å². The minimum Gasteiger partial charge on any atom is -0.447 e. The number of amides is 1. The quantitative estimate of drug-likeness (QED) is 0.682. The van der Waals surface area contributed by atoms with Gasteiger partial charge in [0, 0.05) is 16.5 Å². The van der Waals surface area contributed by atoms with E-state index in [1.54, 1.807) is 6.07 Å². The Morgan fingerprint density at radius 2 is 1.96 bits per heavy atom. The summed E-state index contributed by atoms with van der Waals surface area (Å²) >= 11 is 1.50. The van der Waals surface area contributed by atoms with Crippen molar-refractivity contribution in [3.05, 3.63) is 70.7 Å². The third kappa shape index (κ3) is 3.86. The molecule has 1 amide bonds. The molecule has 0 aliphatic heterocycles. The Hall–Kier alpha value is -2.86. The van der Waals surface area contributed by atoms with Crippen LogP contribution in [0, 0.1) is 0 Å². The number of nitrogens with one attached hydrogen (secondary N) is 1. The summed E-state index contributed by atoms with van der Waals surface area (Å²) in [7, 11) is 0. The zero-order chi connectivity index (χ0) is 17.9. The van der Waals surface area contributed by atoms with Crippen molar-refractivity contribution < 1.29 is 9.53 Å². The molecule has 0 spiro atoms. The Kier molecular flexibility index (Phi) is 4.58. The second kappa shape index (κ2) is 7.17. The van der Waals surface area contributed by atoms with Crippen molar-refractivity contribution >= 4 is 23.1 Å². The normalized spacial score (nSPS) is 13.4. The van der Waals surface area contributed by atoms with Crippen molar-refractivity contribution in [2.75, 3.05) is 5.73 Å². The molecule has 1 saturated carbocycles. The second-order valence-electron chi connectivity index (χ2n) is 6.26. The zero-order valence-electron chi connectivity index (χ0n) is 14.1. The number of benzene rings is 1. The molecule has 26 heavy (non-hydrogen) atoms. The monoisotopic (exact) mass is 365 g/mol. The third-order valence-electron chi connectivity index (χ3n) is 4.21. The number of nitrogen functional groups attached to an aromatic ring is 1. The molecule has 6 heteroatoms. The summed E-state index contributed by atoms with van der Waals surface area (Å²) in [5, 5.41) is 3.68. The summed E-state index contributed by atoms with van der Waals surface area (Å²) < 4.78 is 5.79. The third-order valence-corrected chi connectivity index (χ3v) is 5.17. The van der Waals surface area contributed by atoms with Crippen molar-refractivity contribution in [1.82, 2.24) is 10.3 Å². The van der Waals surface area contributed by atoms with E-state index in [-0.39, 0.29) is 5.91 Å². The highest BCUT2D eigenvalue weighted by Gasteiger charge is 2.26. The van der Waals surface area contributed by atoms with Gasteiger partial charge in [0.2, 0.25) is 0 Å². The van der Waals surface area contributed by atoms with Crippen LogP contribution < -0.4 is 15.8 Å². The number of para-hydroxylation sites is 1. The van der Waals surface area contributed by atoms with Gasteiger partial charge in [-0.2, -0.15) is 0 Å². The van der Waals surface area contributed by atoms with E-state index in [1.165, 1.54) is 11.3 Å². The highest BCUT2D eigenvalue weighted by Crippen LogP contribution is 2.39. The number of carbonyl (C=O) groups is 1.